The standard InChI is InChI=1S/C15H13ClN4O4/c16-13-7-11(10-3-1-2-4-12(10)18-13)15(21)19-17-8-9-5-6-14(24-9)20(22)23/h5-8H,1-4H2,(H,19,21)/b17-8+. The van der Waals surface area contributed by atoms with Crippen molar-refractivity contribution < 1.29 is 14.1 Å². The van der Waals surface area contributed by atoms with Crippen molar-refractivity contribution in [3.8, 4) is 0 Å². The molecule has 8 nitrogen and oxygen atoms in total. The molecule has 0 saturated carbocycles. The summed E-state index contributed by atoms with van der Waals surface area (Å²) in [5, 5.41) is 14.6. The van der Waals surface area contributed by atoms with Gasteiger partial charge >= 0.3 is 5.88 Å². The number of hydrogen-bond donors (Lipinski definition) is 1. The molecule has 24 heavy (non-hydrogen) atoms. The number of nitrogens with one attached hydrogen (secondary N) is 1. The molecule has 0 saturated heterocycles. The Kier molecular flexibility index (Phi) is 4.57. The highest BCUT2D eigenvalue weighted by Crippen LogP contribution is 2.25. The Morgan fingerprint density at radius 3 is 2.96 bits per heavy atom. The minimum Gasteiger partial charge on any atom is -0.400 e. The molecule has 2 heterocycles. The van der Waals surface area contributed by atoms with Crippen LogP contribution < -0.4 is 5.43 Å². The Labute approximate surface area is 141 Å². The first-order valence-electron chi connectivity index (χ1n) is 7.30. The van der Waals surface area contributed by atoms with Crippen molar-refractivity contribution in [1.82, 2.24) is 10.4 Å². The summed E-state index contributed by atoms with van der Waals surface area (Å²) in [6, 6.07) is 4.12. The number of halogens is 1. The average Bonchev–Trinajstić information content (AvgIpc) is 3.03. The second kappa shape index (κ2) is 6.79. The van der Waals surface area contributed by atoms with Crippen LogP contribution in [0.2, 0.25) is 5.15 Å². The van der Waals surface area contributed by atoms with Crippen molar-refractivity contribution in [3.05, 3.63) is 56.0 Å². The molecule has 0 unspecified atom stereocenters. The number of furan rings is 1. The summed E-state index contributed by atoms with van der Waals surface area (Å²) in [5.74, 6) is -0.635. The average molecular weight is 349 g/mol. The first-order chi connectivity index (χ1) is 11.5. The van der Waals surface area contributed by atoms with Crippen LogP contribution in [0.5, 0.6) is 0 Å². The van der Waals surface area contributed by atoms with Gasteiger partial charge in [-0.15, -0.1) is 0 Å². The summed E-state index contributed by atoms with van der Waals surface area (Å²) in [5.41, 5.74) is 4.58. The van der Waals surface area contributed by atoms with Crippen LogP contribution in [0.1, 0.15) is 40.2 Å². The van der Waals surface area contributed by atoms with Crippen molar-refractivity contribution in [3.63, 3.8) is 0 Å². The second-order valence-electron chi connectivity index (χ2n) is 5.26. The van der Waals surface area contributed by atoms with Gasteiger partial charge in [0.2, 0.25) is 0 Å². The van der Waals surface area contributed by atoms with E-state index < -0.39 is 16.7 Å². The van der Waals surface area contributed by atoms with Crippen LogP contribution in [0.4, 0.5) is 5.88 Å². The van der Waals surface area contributed by atoms with Crippen LogP contribution in [-0.4, -0.2) is 22.0 Å². The fourth-order valence-corrected chi connectivity index (χ4v) is 2.81. The maximum Gasteiger partial charge on any atom is 0.433 e. The Balaban J connectivity index is 1.74. The summed E-state index contributed by atoms with van der Waals surface area (Å²) in [6.07, 6.45) is 4.79. The minimum absolute atomic E-state index is 0.164. The van der Waals surface area contributed by atoms with Crippen molar-refractivity contribution in [2.75, 3.05) is 0 Å². The highest BCUT2D eigenvalue weighted by molar-refractivity contribution is 6.29. The fourth-order valence-electron chi connectivity index (χ4n) is 2.60. The van der Waals surface area contributed by atoms with Crippen LogP contribution in [-0.2, 0) is 12.8 Å². The number of pyridine rings is 1. The zero-order valence-electron chi connectivity index (χ0n) is 12.5. The van der Waals surface area contributed by atoms with Gasteiger partial charge in [-0.2, -0.15) is 5.10 Å². The number of aromatic nitrogens is 1. The molecule has 0 radical (unpaired) electrons. The quantitative estimate of drug-likeness (QED) is 0.395. The third-order valence-electron chi connectivity index (χ3n) is 3.66. The number of carbonyl (C=O) groups is 1. The first-order valence-corrected chi connectivity index (χ1v) is 7.68. The van der Waals surface area contributed by atoms with E-state index in [0.717, 1.165) is 36.9 Å². The highest BCUT2D eigenvalue weighted by Gasteiger charge is 2.20. The lowest BCUT2D eigenvalue weighted by molar-refractivity contribution is -0.402. The molecule has 3 rings (SSSR count). The molecule has 0 atom stereocenters. The summed E-state index contributed by atoms with van der Waals surface area (Å²) < 4.78 is 4.91. The van der Waals surface area contributed by atoms with Gasteiger partial charge in [0, 0.05) is 11.3 Å². The molecule has 1 amide bonds. The van der Waals surface area contributed by atoms with Gasteiger partial charge < -0.3 is 4.42 Å². The minimum atomic E-state index is -0.652. The molecule has 0 aliphatic heterocycles. The Bertz CT molecular complexity index is 831. The number of aryl methyl sites for hydroxylation is 1. The predicted molar refractivity (Wildman–Crippen MR) is 86.3 cm³/mol. The number of amides is 1. The molecular weight excluding hydrogens is 336 g/mol. The van der Waals surface area contributed by atoms with Crippen molar-refractivity contribution in [1.29, 1.82) is 0 Å². The molecule has 0 spiro atoms. The monoisotopic (exact) mass is 348 g/mol. The lowest BCUT2D eigenvalue weighted by Crippen LogP contribution is -2.22. The third kappa shape index (κ3) is 3.43. The molecule has 9 heteroatoms. The molecule has 0 fully saturated rings. The van der Waals surface area contributed by atoms with E-state index in [9.17, 15) is 14.9 Å². The number of nitrogens with zero attached hydrogens (tertiary/aromatic N) is 3. The van der Waals surface area contributed by atoms with Gasteiger partial charge in [-0.1, -0.05) is 11.6 Å². The van der Waals surface area contributed by atoms with Gasteiger partial charge in [0.25, 0.3) is 5.91 Å². The zero-order valence-corrected chi connectivity index (χ0v) is 13.2. The number of hydrazone groups is 1. The van der Waals surface area contributed by atoms with E-state index in [4.69, 9.17) is 16.0 Å². The van der Waals surface area contributed by atoms with E-state index in [1.165, 1.54) is 24.4 Å². The molecular formula is C15H13ClN4O4. The van der Waals surface area contributed by atoms with E-state index in [2.05, 4.69) is 15.5 Å². The van der Waals surface area contributed by atoms with Crippen LogP contribution in [0, 0.1) is 10.1 Å². The molecule has 0 aromatic carbocycles. The van der Waals surface area contributed by atoms with Gasteiger partial charge in [-0.3, -0.25) is 14.9 Å². The zero-order chi connectivity index (χ0) is 17.1. The van der Waals surface area contributed by atoms with Crippen molar-refractivity contribution in [2.45, 2.75) is 25.7 Å². The number of nitro groups is 1. The number of carbonyl (C=O) groups excluding carboxylic acids is 1. The smallest absolute Gasteiger partial charge is 0.400 e. The van der Waals surface area contributed by atoms with Crippen LogP contribution in [0.25, 0.3) is 0 Å². The van der Waals surface area contributed by atoms with Crippen LogP contribution in [0.3, 0.4) is 0 Å². The number of fused-ring (bicyclic) bond motifs is 1. The molecule has 0 bridgehead atoms. The lowest BCUT2D eigenvalue weighted by Gasteiger charge is -2.17. The van der Waals surface area contributed by atoms with Crippen molar-refractivity contribution in [2.24, 2.45) is 5.10 Å². The first kappa shape index (κ1) is 16.1. The fraction of sp³-hybridized carbons (Fsp3) is 0.267. The largest absolute Gasteiger partial charge is 0.433 e. The number of rotatable bonds is 4. The van der Waals surface area contributed by atoms with Crippen molar-refractivity contribution >= 4 is 29.6 Å². The van der Waals surface area contributed by atoms with Gasteiger partial charge in [0.1, 0.15) is 10.1 Å². The summed E-state index contributed by atoms with van der Waals surface area (Å²) in [7, 11) is 0. The molecule has 1 aliphatic carbocycles. The Morgan fingerprint density at radius 2 is 2.21 bits per heavy atom. The Morgan fingerprint density at radius 1 is 1.42 bits per heavy atom. The Hall–Kier alpha value is -2.74. The van der Waals surface area contributed by atoms with E-state index in [-0.39, 0.29) is 10.9 Å². The van der Waals surface area contributed by atoms with Gasteiger partial charge in [-0.25, -0.2) is 10.4 Å². The highest BCUT2D eigenvalue weighted by atomic mass is 35.5. The van der Waals surface area contributed by atoms with Gasteiger partial charge in [0.15, 0.2) is 5.76 Å². The molecule has 124 valence electrons. The lowest BCUT2D eigenvalue weighted by atomic mass is 9.92. The van der Waals surface area contributed by atoms with E-state index in [1.807, 2.05) is 0 Å². The summed E-state index contributed by atoms with van der Waals surface area (Å²) in [4.78, 5) is 26.5. The molecule has 1 aliphatic rings. The normalized spacial score (nSPS) is 13.7. The van der Waals surface area contributed by atoms with Gasteiger partial charge in [0.05, 0.1) is 12.3 Å². The summed E-state index contributed by atoms with van der Waals surface area (Å²) in [6.45, 7) is 0. The SMILES string of the molecule is O=C(N/N=C/c1ccc([N+](=O)[O-])o1)c1cc(Cl)nc2c1CCCC2. The van der Waals surface area contributed by atoms with Crippen LogP contribution >= 0.6 is 11.6 Å². The molecule has 2 aromatic heterocycles. The van der Waals surface area contributed by atoms with Gasteiger partial charge in [-0.05, 0) is 43.4 Å². The topological polar surface area (TPSA) is 111 Å². The van der Waals surface area contributed by atoms with E-state index >= 15 is 0 Å². The molecule has 2 aromatic rings. The maximum absolute atomic E-state index is 12.3. The van der Waals surface area contributed by atoms with E-state index in [0.29, 0.717) is 5.56 Å². The molecule has 1 N–H and O–H groups in total. The maximum atomic E-state index is 12.3. The number of hydrogen-bond acceptors (Lipinski definition) is 6. The predicted octanol–water partition coefficient (Wildman–Crippen LogP) is 2.88. The second-order valence-corrected chi connectivity index (χ2v) is 5.64. The van der Waals surface area contributed by atoms with E-state index in [1.54, 1.807) is 0 Å². The van der Waals surface area contributed by atoms with Crippen LogP contribution in [0.15, 0.2) is 27.7 Å². The summed E-state index contributed by atoms with van der Waals surface area (Å²) >= 11 is 5.98. The third-order valence-corrected chi connectivity index (χ3v) is 3.86.